The van der Waals surface area contributed by atoms with E-state index in [4.69, 9.17) is 5.11 Å². The summed E-state index contributed by atoms with van der Waals surface area (Å²) in [5.74, 6) is -0.801. The van der Waals surface area contributed by atoms with Crippen LogP contribution in [0.1, 0.15) is 48.8 Å². The Morgan fingerprint density at radius 1 is 0.906 bits per heavy atom. The van der Waals surface area contributed by atoms with Gasteiger partial charge in [-0.15, -0.1) is 0 Å². The summed E-state index contributed by atoms with van der Waals surface area (Å²) in [6.45, 7) is 0. The molecule has 1 aromatic heterocycles. The molecule has 0 radical (unpaired) electrons. The first-order chi connectivity index (χ1) is 15.6. The van der Waals surface area contributed by atoms with E-state index in [2.05, 4.69) is 22.4 Å². The zero-order valence-electron chi connectivity index (χ0n) is 18.0. The fourth-order valence-corrected chi connectivity index (χ4v) is 3.51. The molecule has 2 aromatic carbocycles. The molecule has 32 heavy (non-hydrogen) atoms. The Morgan fingerprint density at radius 2 is 1.72 bits per heavy atom. The number of carboxylic acids is 1. The van der Waals surface area contributed by atoms with Gasteiger partial charge in [0.15, 0.2) is 0 Å². The van der Waals surface area contributed by atoms with Crippen LogP contribution >= 0.6 is 0 Å². The van der Waals surface area contributed by atoms with Gasteiger partial charge in [-0.25, -0.2) is 0 Å². The molecule has 0 aliphatic rings. The predicted octanol–water partition coefficient (Wildman–Crippen LogP) is 5.73. The van der Waals surface area contributed by atoms with Gasteiger partial charge in [0.05, 0.1) is 0 Å². The maximum absolute atomic E-state index is 12.4. The van der Waals surface area contributed by atoms with Gasteiger partial charge in [-0.2, -0.15) is 0 Å². The number of nitrogens with one attached hydrogen (secondary N) is 1. The molecule has 164 valence electrons. The number of aliphatic carboxylic acids is 1. The quantitative estimate of drug-likeness (QED) is 0.382. The van der Waals surface area contributed by atoms with E-state index in [9.17, 15) is 9.59 Å². The zero-order chi connectivity index (χ0) is 22.6. The molecular formula is C27H28N2O3. The van der Waals surface area contributed by atoms with Crippen molar-refractivity contribution in [3.63, 3.8) is 0 Å². The summed E-state index contributed by atoms with van der Waals surface area (Å²) >= 11 is 0. The monoisotopic (exact) mass is 428 g/mol. The Kier molecular flexibility index (Phi) is 8.75. The first-order valence-electron chi connectivity index (χ1n) is 10.9. The number of rotatable bonds is 11. The molecule has 5 heteroatoms. The fraction of sp³-hybridized carbons (Fsp3) is 0.222. The standard InChI is InChI=1S/C27H28N2O3/c30-26(16-6-11-21-9-2-1-3-10-21)29-24-14-7-12-22(19-24)25(15-4-5-17-27(31)32)23-13-8-18-28-20-23/h1-3,7-10,12-15,18-20H,4-6,11,16-17H2,(H,29,30)(H,31,32)/b25-15-. The maximum Gasteiger partial charge on any atom is 0.303 e. The van der Waals surface area contributed by atoms with E-state index in [1.54, 1.807) is 12.4 Å². The molecule has 0 aliphatic carbocycles. The number of hydrogen-bond acceptors (Lipinski definition) is 3. The molecule has 0 bridgehead atoms. The lowest BCUT2D eigenvalue weighted by atomic mass is 9.97. The number of carbonyl (C=O) groups is 2. The Morgan fingerprint density at radius 3 is 2.47 bits per heavy atom. The largest absolute Gasteiger partial charge is 0.481 e. The number of carbonyl (C=O) groups excluding carboxylic acids is 1. The molecule has 3 rings (SSSR count). The Bertz CT molecular complexity index is 1050. The maximum atomic E-state index is 12.4. The average molecular weight is 429 g/mol. The van der Waals surface area contributed by atoms with Crippen molar-refractivity contribution in [1.82, 2.24) is 4.98 Å². The van der Waals surface area contributed by atoms with Crippen LogP contribution in [-0.2, 0) is 16.0 Å². The number of anilines is 1. The summed E-state index contributed by atoms with van der Waals surface area (Å²) in [7, 11) is 0. The highest BCUT2D eigenvalue weighted by Crippen LogP contribution is 2.26. The van der Waals surface area contributed by atoms with Gasteiger partial charge in [0.2, 0.25) is 5.91 Å². The molecule has 0 aliphatic heterocycles. The highest BCUT2D eigenvalue weighted by molar-refractivity contribution is 5.91. The molecule has 1 amide bonds. The minimum atomic E-state index is -0.793. The molecule has 0 spiro atoms. The third-order valence-corrected chi connectivity index (χ3v) is 5.09. The van der Waals surface area contributed by atoms with Gasteiger partial charge < -0.3 is 10.4 Å². The smallest absolute Gasteiger partial charge is 0.303 e. The zero-order valence-corrected chi connectivity index (χ0v) is 18.0. The van der Waals surface area contributed by atoms with Crippen molar-refractivity contribution in [2.75, 3.05) is 5.32 Å². The summed E-state index contributed by atoms with van der Waals surface area (Å²) in [4.78, 5) is 27.5. The number of aromatic nitrogens is 1. The van der Waals surface area contributed by atoms with Crippen LogP contribution in [0.4, 0.5) is 5.69 Å². The fourth-order valence-electron chi connectivity index (χ4n) is 3.51. The number of nitrogens with zero attached hydrogens (tertiary/aromatic N) is 1. The summed E-state index contributed by atoms with van der Waals surface area (Å²) < 4.78 is 0. The molecule has 3 aromatic rings. The van der Waals surface area contributed by atoms with Crippen LogP contribution in [0.2, 0.25) is 0 Å². The van der Waals surface area contributed by atoms with Crippen LogP contribution in [0.15, 0.2) is 85.2 Å². The van der Waals surface area contributed by atoms with Crippen LogP contribution in [0.5, 0.6) is 0 Å². The van der Waals surface area contributed by atoms with Crippen LogP contribution < -0.4 is 5.32 Å². The summed E-state index contributed by atoms with van der Waals surface area (Å²) in [6, 6.07) is 21.7. The minimum absolute atomic E-state index is 0.00792. The van der Waals surface area contributed by atoms with Gasteiger partial charge in [0, 0.05) is 36.5 Å². The van der Waals surface area contributed by atoms with E-state index >= 15 is 0 Å². The van der Waals surface area contributed by atoms with E-state index in [0.29, 0.717) is 19.3 Å². The van der Waals surface area contributed by atoms with E-state index < -0.39 is 5.97 Å². The van der Waals surface area contributed by atoms with Crippen molar-refractivity contribution in [3.05, 3.63) is 102 Å². The second kappa shape index (κ2) is 12.2. The topological polar surface area (TPSA) is 79.3 Å². The number of hydrogen-bond donors (Lipinski definition) is 2. The van der Waals surface area contributed by atoms with Crippen LogP contribution in [0.25, 0.3) is 5.57 Å². The molecular weight excluding hydrogens is 400 g/mol. The summed E-state index contributed by atoms with van der Waals surface area (Å²) in [5.41, 5.74) is 4.86. The second-order valence-corrected chi connectivity index (χ2v) is 7.61. The first-order valence-corrected chi connectivity index (χ1v) is 10.9. The number of unbranched alkanes of at least 4 members (excludes halogenated alkanes) is 1. The highest BCUT2D eigenvalue weighted by atomic mass is 16.4. The number of amides is 1. The van der Waals surface area contributed by atoms with Crippen molar-refractivity contribution in [2.45, 2.75) is 38.5 Å². The molecule has 0 atom stereocenters. The number of benzene rings is 2. The van der Waals surface area contributed by atoms with E-state index in [0.717, 1.165) is 35.2 Å². The molecule has 0 fully saturated rings. The minimum Gasteiger partial charge on any atom is -0.481 e. The molecule has 0 saturated heterocycles. The van der Waals surface area contributed by atoms with Crippen molar-refractivity contribution >= 4 is 23.1 Å². The third-order valence-electron chi connectivity index (χ3n) is 5.09. The predicted molar refractivity (Wildman–Crippen MR) is 127 cm³/mol. The summed E-state index contributed by atoms with van der Waals surface area (Å²) in [6.07, 6.45) is 9.02. The Labute approximate surface area is 188 Å². The van der Waals surface area contributed by atoms with Crippen molar-refractivity contribution in [2.24, 2.45) is 0 Å². The first kappa shape index (κ1) is 22.9. The van der Waals surface area contributed by atoms with Gasteiger partial charge in [-0.3, -0.25) is 14.6 Å². The van der Waals surface area contributed by atoms with Gasteiger partial charge in [0.1, 0.15) is 0 Å². The lowest BCUT2D eigenvalue weighted by molar-refractivity contribution is -0.137. The number of allylic oxidation sites excluding steroid dienone is 1. The lowest BCUT2D eigenvalue weighted by Gasteiger charge is -2.11. The molecule has 0 saturated carbocycles. The van der Waals surface area contributed by atoms with E-state index in [-0.39, 0.29) is 12.3 Å². The molecule has 5 nitrogen and oxygen atoms in total. The van der Waals surface area contributed by atoms with Crippen LogP contribution in [0, 0.1) is 0 Å². The van der Waals surface area contributed by atoms with Crippen molar-refractivity contribution in [3.8, 4) is 0 Å². The van der Waals surface area contributed by atoms with Crippen LogP contribution in [0.3, 0.4) is 0 Å². The van der Waals surface area contributed by atoms with Gasteiger partial charge in [-0.1, -0.05) is 54.6 Å². The van der Waals surface area contributed by atoms with E-state index in [1.165, 1.54) is 5.56 Å². The van der Waals surface area contributed by atoms with Crippen molar-refractivity contribution in [1.29, 1.82) is 0 Å². The van der Waals surface area contributed by atoms with Gasteiger partial charge in [0.25, 0.3) is 0 Å². The second-order valence-electron chi connectivity index (χ2n) is 7.61. The number of pyridine rings is 1. The van der Waals surface area contributed by atoms with E-state index in [1.807, 2.05) is 60.7 Å². The lowest BCUT2D eigenvalue weighted by Crippen LogP contribution is -2.11. The third kappa shape index (κ3) is 7.51. The Hall–Kier alpha value is -3.73. The normalized spacial score (nSPS) is 11.2. The molecule has 0 unspecified atom stereocenters. The number of aryl methyl sites for hydroxylation is 1. The molecule has 1 heterocycles. The average Bonchev–Trinajstić information content (AvgIpc) is 2.80. The van der Waals surface area contributed by atoms with Crippen LogP contribution in [-0.4, -0.2) is 22.0 Å². The SMILES string of the molecule is O=C(O)CCC/C=C(\c1cccnc1)c1cccc(NC(=O)CCCc2ccccc2)c1. The number of carboxylic acid groups (broad SMARTS) is 1. The summed E-state index contributed by atoms with van der Waals surface area (Å²) in [5, 5.41) is 11.9. The Balaban J connectivity index is 1.66. The molecule has 2 N–H and O–H groups in total. The van der Waals surface area contributed by atoms with Gasteiger partial charge in [-0.05, 0) is 60.6 Å². The van der Waals surface area contributed by atoms with Gasteiger partial charge >= 0.3 is 5.97 Å². The van der Waals surface area contributed by atoms with Crippen molar-refractivity contribution < 1.29 is 14.7 Å². The highest BCUT2D eigenvalue weighted by Gasteiger charge is 2.08.